The maximum atomic E-state index is 11.7. The first-order valence-electron chi connectivity index (χ1n) is 7.66. The van der Waals surface area contributed by atoms with Crippen LogP contribution >= 0.6 is 11.3 Å². The number of hydrogen-bond donors (Lipinski definition) is 3. The smallest absolute Gasteiger partial charge is 0.308 e. The number of hydrazine groups is 1. The molecule has 3 amide bonds. The fourth-order valence-corrected chi connectivity index (χ4v) is 2.45. The SMILES string of the molecule is O=C(COC(=O)CCNC(=O)c1ccsc1)NNC(=O)c1ccccc1. The van der Waals surface area contributed by atoms with Crippen molar-refractivity contribution < 1.29 is 23.9 Å². The first-order chi connectivity index (χ1) is 12.6. The second-order valence-electron chi connectivity index (χ2n) is 5.05. The molecule has 1 aromatic carbocycles. The average molecular weight is 375 g/mol. The lowest BCUT2D eigenvalue weighted by Crippen LogP contribution is -2.43. The molecule has 0 fully saturated rings. The summed E-state index contributed by atoms with van der Waals surface area (Å²) in [7, 11) is 0. The number of rotatable bonds is 7. The van der Waals surface area contributed by atoms with Gasteiger partial charge < -0.3 is 10.1 Å². The molecule has 0 aliphatic heterocycles. The van der Waals surface area contributed by atoms with Crippen molar-refractivity contribution in [2.75, 3.05) is 13.2 Å². The van der Waals surface area contributed by atoms with E-state index in [-0.39, 0.29) is 18.9 Å². The van der Waals surface area contributed by atoms with E-state index in [0.29, 0.717) is 11.1 Å². The third-order valence-electron chi connectivity index (χ3n) is 3.11. The predicted molar refractivity (Wildman–Crippen MR) is 94.3 cm³/mol. The minimum atomic E-state index is -0.676. The highest BCUT2D eigenvalue weighted by Gasteiger charge is 2.11. The number of carbonyl (C=O) groups excluding carboxylic acids is 4. The maximum absolute atomic E-state index is 11.7. The van der Waals surface area contributed by atoms with Gasteiger partial charge in [0.25, 0.3) is 17.7 Å². The lowest BCUT2D eigenvalue weighted by Gasteiger charge is -2.08. The van der Waals surface area contributed by atoms with Gasteiger partial charge in [0.2, 0.25) is 0 Å². The van der Waals surface area contributed by atoms with Gasteiger partial charge in [0.05, 0.1) is 6.42 Å². The lowest BCUT2D eigenvalue weighted by atomic mass is 10.2. The monoisotopic (exact) mass is 375 g/mol. The Hall–Kier alpha value is -3.20. The van der Waals surface area contributed by atoms with E-state index in [9.17, 15) is 19.2 Å². The summed E-state index contributed by atoms with van der Waals surface area (Å²) in [4.78, 5) is 46.5. The van der Waals surface area contributed by atoms with E-state index < -0.39 is 24.4 Å². The van der Waals surface area contributed by atoms with Gasteiger partial charge in [-0.25, -0.2) is 0 Å². The van der Waals surface area contributed by atoms with E-state index in [1.54, 1.807) is 47.2 Å². The molecule has 0 spiro atoms. The minimum absolute atomic E-state index is 0.0699. The van der Waals surface area contributed by atoms with Crippen LogP contribution in [0.5, 0.6) is 0 Å². The molecule has 136 valence electrons. The van der Waals surface area contributed by atoms with E-state index in [0.717, 1.165) is 0 Å². The summed E-state index contributed by atoms with van der Waals surface area (Å²) < 4.78 is 4.76. The highest BCUT2D eigenvalue weighted by atomic mass is 32.1. The Balaban J connectivity index is 1.59. The third-order valence-corrected chi connectivity index (χ3v) is 3.80. The number of nitrogens with one attached hydrogen (secondary N) is 3. The zero-order valence-electron chi connectivity index (χ0n) is 13.7. The van der Waals surface area contributed by atoms with Crippen LogP contribution in [0.2, 0.25) is 0 Å². The van der Waals surface area contributed by atoms with E-state index in [1.807, 2.05) is 0 Å². The van der Waals surface area contributed by atoms with Crippen molar-refractivity contribution in [2.24, 2.45) is 0 Å². The third kappa shape index (κ3) is 6.36. The van der Waals surface area contributed by atoms with E-state index in [2.05, 4.69) is 16.2 Å². The molecule has 0 radical (unpaired) electrons. The Bertz CT molecular complexity index is 762. The molecule has 0 unspecified atom stereocenters. The summed E-state index contributed by atoms with van der Waals surface area (Å²) in [6.45, 7) is -0.438. The topological polar surface area (TPSA) is 114 Å². The van der Waals surface area contributed by atoms with Crippen LogP contribution in [-0.2, 0) is 14.3 Å². The molecule has 0 saturated heterocycles. The van der Waals surface area contributed by atoms with E-state index in [1.165, 1.54) is 11.3 Å². The van der Waals surface area contributed by atoms with Crippen molar-refractivity contribution in [3.05, 3.63) is 58.3 Å². The van der Waals surface area contributed by atoms with Crippen LogP contribution < -0.4 is 16.2 Å². The van der Waals surface area contributed by atoms with Gasteiger partial charge in [0.1, 0.15) is 0 Å². The first kappa shape index (κ1) is 19.1. The molecular weight excluding hydrogens is 358 g/mol. The number of esters is 1. The molecule has 1 aromatic heterocycles. The fraction of sp³-hybridized carbons (Fsp3) is 0.176. The zero-order valence-corrected chi connectivity index (χ0v) is 14.5. The van der Waals surface area contributed by atoms with Gasteiger partial charge >= 0.3 is 5.97 Å². The summed E-state index contributed by atoms with van der Waals surface area (Å²) in [5.74, 6) is -2.08. The van der Waals surface area contributed by atoms with Crippen LogP contribution in [0.1, 0.15) is 27.1 Å². The van der Waals surface area contributed by atoms with Crippen molar-refractivity contribution in [1.82, 2.24) is 16.2 Å². The Morgan fingerprint density at radius 1 is 0.923 bits per heavy atom. The molecule has 0 bridgehead atoms. The summed E-state index contributed by atoms with van der Waals surface area (Å²) in [5.41, 5.74) is 5.26. The van der Waals surface area contributed by atoms with Crippen molar-refractivity contribution in [3.8, 4) is 0 Å². The fourth-order valence-electron chi connectivity index (χ4n) is 1.82. The van der Waals surface area contributed by atoms with Gasteiger partial charge in [0, 0.05) is 23.1 Å². The molecule has 0 saturated carbocycles. The van der Waals surface area contributed by atoms with E-state index in [4.69, 9.17) is 4.74 Å². The predicted octanol–water partition coefficient (Wildman–Crippen LogP) is 0.872. The number of benzene rings is 1. The molecule has 9 heteroatoms. The number of thiophene rings is 1. The standard InChI is InChI=1S/C17H17N3O5S/c21-14(19-20-17(24)12-4-2-1-3-5-12)10-25-15(22)6-8-18-16(23)13-7-9-26-11-13/h1-5,7,9,11H,6,8,10H2,(H,18,23)(H,19,21)(H,20,24). The minimum Gasteiger partial charge on any atom is -0.455 e. The highest BCUT2D eigenvalue weighted by Crippen LogP contribution is 2.05. The quantitative estimate of drug-likeness (QED) is 0.491. The van der Waals surface area contributed by atoms with Crippen molar-refractivity contribution in [1.29, 1.82) is 0 Å². The number of amides is 3. The second-order valence-corrected chi connectivity index (χ2v) is 5.83. The maximum Gasteiger partial charge on any atom is 0.308 e. The summed E-state index contributed by atoms with van der Waals surface area (Å²) in [5, 5.41) is 6.04. The molecule has 8 nitrogen and oxygen atoms in total. The molecule has 26 heavy (non-hydrogen) atoms. The molecule has 2 aromatic rings. The van der Waals surface area contributed by atoms with Gasteiger partial charge in [-0.2, -0.15) is 11.3 Å². The summed E-state index contributed by atoms with van der Waals surface area (Å²) in [6, 6.07) is 9.99. The number of carbonyl (C=O) groups is 4. The van der Waals surface area contributed by atoms with Crippen molar-refractivity contribution in [2.45, 2.75) is 6.42 Å². The van der Waals surface area contributed by atoms with Crippen molar-refractivity contribution >= 4 is 35.0 Å². The molecule has 1 heterocycles. The molecule has 2 rings (SSSR count). The normalized spacial score (nSPS) is 9.85. The molecule has 0 aliphatic rings. The van der Waals surface area contributed by atoms with Crippen LogP contribution in [-0.4, -0.2) is 36.8 Å². The number of hydrogen-bond acceptors (Lipinski definition) is 6. The second kappa shape index (κ2) is 9.94. The van der Waals surface area contributed by atoms with Gasteiger partial charge in [-0.05, 0) is 23.6 Å². The van der Waals surface area contributed by atoms with Crippen LogP contribution in [0, 0.1) is 0 Å². The van der Waals surface area contributed by atoms with Crippen LogP contribution in [0.3, 0.4) is 0 Å². The Kier molecular flexibility index (Phi) is 7.31. The Labute approximate surface area is 153 Å². The molecular formula is C17H17N3O5S. The Morgan fingerprint density at radius 2 is 1.69 bits per heavy atom. The Morgan fingerprint density at radius 3 is 2.38 bits per heavy atom. The highest BCUT2D eigenvalue weighted by molar-refractivity contribution is 7.08. The van der Waals surface area contributed by atoms with Crippen molar-refractivity contribution in [3.63, 3.8) is 0 Å². The van der Waals surface area contributed by atoms with Gasteiger partial charge in [-0.3, -0.25) is 30.0 Å². The van der Waals surface area contributed by atoms with Gasteiger partial charge in [0.15, 0.2) is 6.61 Å². The molecule has 3 N–H and O–H groups in total. The summed E-state index contributed by atoms with van der Waals surface area (Å²) >= 11 is 1.40. The number of ether oxygens (including phenoxy) is 1. The average Bonchev–Trinajstić information content (AvgIpc) is 3.20. The van der Waals surface area contributed by atoms with Gasteiger partial charge in [-0.1, -0.05) is 18.2 Å². The summed E-state index contributed by atoms with van der Waals surface area (Å²) in [6.07, 6.45) is -0.0699. The first-order valence-corrected chi connectivity index (χ1v) is 8.61. The van der Waals surface area contributed by atoms with Crippen LogP contribution in [0.25, 0.3) is 0 Å². The molecule has 0 aliphatic carbocycles. The zero-order chi connectivity index (χ0) is 18.8. The molecule has 0 atom stereocenters. The van der Waals surface area contributed by atoms with Gasteiger partial charge in [-0.15, -0.1) is 0 Å². The van der Waals surface area contributed by atoms with Crippen LogP contribution in [0.15, 0.2) is 47.2 Å². The largest absolute Gasteiger partial charge is 0.455 e. The van der Waals surface area contributed by atoms with Crippen LogP contribution in [0.4, 0.5) is 0 Å². The lowest BCUT2D eigenvalue weighted by molar-refractivity contribution is -0.148. The van der Waals surface area contributed by atoms with E-state index >= 15 is 0 Å².